The molecule has 0 aromatic heterocycles. The van der Waals surface area contributed by atoms with Crippen LogP contribution >= 0.6 is 0 Å². The van der Waals surface area contributed by atoms with Gasteiger partial charge in [-0.2, -0.15) is 4.31 Å². The maximum Gasteiger partial charge on any atom is 0.243 e. The summed E-state index contributed by atoms with van der Waals surface area (Å²) in [6, 6.07) is 20.6. The summed E-state index contributed by atoms with van der Waals surface area (Å²) in [6.45, 7) is 9.34. The van der Waals surface area contributed by atoms with Crippen LogP contribution < -0.4 is 14.4 Å². The van der Waals surface area contributed by atoms with Gasteiger partial charge in [-0.05, 0) is 79.6 Å². The van der Waals surface area contributed by atoms with Crippen LogP contribution in [0.25, 0.3) is 0 Å². The van der Waals surface area contributed by atoms with Crippen molar-refractivity contribution in [3.63, 3.8) is 0 Å². The zero-order chi connectivity index (χ0) is 33.6. The molecule has 0 aliphatic carbocycles. The minimum atomic E-state index is -3.87. The highest BCUT2D eigenvalue weighted by Crippen LogP contribution is 2.40. The summed E-state index contributed by atoms with van der Waals surface area (Å²) in [6.07, 6.45) is 0.693. The van der Waals surface area contributed by atoms with Crippen molar-refractivity contribution in [1.29, 1.82) is 0 Å². The Balaban J connectivity index is 1.46. The van der Waals surface area contributed by atoms with Gasteiger partial charge < -0.3 is 29.0 Å². The van der Waals surface area contributed by atoms with E-state index in [0.29, 0.717) is 32.7 Å². The molecule has 0 bridgehead atoms. The van der Waals surface area contributed by atoms with Gasteiger partial charge in [0.15, 0.2) is 0 Å². The van der Waals surface area contributed by atoms with Gasteiger partial charge in [-0.25, -0.2) is 8.42 Å². The van der Waals surface area contributed by atoms with Crippen molar-refractivity contribution in [2.45, 2.75) is 75.7 Å². The number of aliphatic hydroxyl groups is 1. The zero-order valence-electron chi connectivity index (χ0n) is 28.3. The Kier molecular flexibility index (Phi) is 11.8. The Morgan fingerprint density at radius 1 is 1.02 bits per heavy atom. The van der Waals surface area contributed by atoms with E-state index in [1.807, 2.05) is 69.3 Å². The van der Waals surface area contributed by atoms with Crippen LogP contribution in [0.4, 0.5) is 5.69 Å². The number of ether oxygens (including phenoxy) is 4. The van der Waals surface area contributed by atoms with Gasteiger partial charge >= 0.3 is 0 Å². The van der Waals surface area contributed by atoms with Crippen LogP contribution in [0.15, 0.2) is 71.6 Å². The van der Waals surface area contributed by atoms with E-state index in [0.717, 1.165) is 53.4 Å². The van der Waals surface area contributed by atoms with Crippen LogP contribution in [0.3, 0.4) is 0 Å². The molecule has 4 atom stereocenters. The van der Waals surface area contributed by atoms with E-state index >= 15 is 0 Å². The highest BCUT2D eigenvalue weighted by atomic mass is 32.2. The molecular formula is C37H50N2O7S. The third-order valence-electron chi connectivity index (χ3n) is 9.42. The molecule has 3 aromatic rings. The van der Waals surface area contributed by atoms with Crippen LogP contribution in [0.1, 0.15) is 55.7 Å². The Morgan fingerprint density at radius 3 is 2.45 bits per heavy atom. The van der Waals surface area contributed by atoms with Crippen LogP contribution in [-0.4, -0.2) is 83.1 Å². The molecular weight excluding hydrogens is 616 g/mol. The van der Waals surface area contributed by atoms with E-state index in [-0.39, 0.29) is 23.3 Å². The van der Waals surface area contributed by atoms with Crippen molar-refractivity contribution in [2.75, 3.05) is 52.0 Å². The average molecular weight is 667 g/mol. The molecule has 1 fully saturated rings. The average Bonchev–Trinajstić information content (AvgIpc) is 3.07. The number of methoxy groups -OCH3 is 2. The fraction of sp³-hybridized carbons (Fsp3) is 0.514. The summed E-state index contributed by atoms with van der Waals surface area (Å²) in [7, 11) is -0.516. The lowest BCUT2D eigenvalue weighted by atomic mass is 9.81. The Morgan fingerprint density at radius 2 is 1.77 bits per heavy atom. The van der Waals surface area contributed by atoms with Gasteiger partial charge in [0.1, 0.15) is 18.1 Å². The predicted octanol–water partition coefficient (Wildman–Crippen LogP) is 5.78. The van der Waals surface area contributed by atoms with Gasteiger partial charge in [-0.15, -0.1) is 0 Å². The molecule has 1 N–H and O–H groups in total. The van der Waals surface area contributed by atoms with Crippen LogP contribution in [0.5, 0.6) is 11.5 Å². The third-order valence-corrected chi connectivity index (χ3v) is 11.4. The Labute approximate surface area is 280 Å². The number of piperidine rings is 1. The van der Waals surface area contributed by atoms with Crippen molar-refractivity contribution in [2.24, 2.45) is 5.92 Å². The lowest BCUT2D eigenvalue weighted by molar-refractivity contribution is -0.0285. The second kappa shape index (κ2) is 15.8. The molecule has 2 heterocycles. The van der Waals surface area contributed by atoms with Crippen LogP contribution in [0, 0.1) is 12.8 Å². The molecule has 0 spiro atoms. The number of aryl methyl sites for hydroxylation is 1. The second-order valence-electron chi connectivity index (χ2n) is 13.0. The molecule has 2 aliphatic heterocycles. The van der Waals surface area contributed by atoms with Crippen molar-refractivity contribution in [3.8, 4) is 11.5 Å². The maximum atomic E-state index is 14.3. The normalized spacial score (nSPS) is 20.9. The fourth-order valence-corrected chi connectivity index (χ4v) is 8.19. The first kappa shape index (κ1) is 35.2. The molecule has 10 heteroatoms. The minimum Gasteiger partial charge on any atom is -0.497 e. The van der Waals surface area contributed by atoms with E-state index < -0.39 is 28.3 Å². The summed E-state index contributed by atoms with van der Waals surface area (Å²) in [5.74, 6) is 1.51. The quantitative estimate of drug-likeness (QED) is 0.217. The number of anilines is 1. The van der Waals surface area contributed by atoms with E-state index in [1.54, 1.807) is 30.7 Å². The van der Waals surface area contributed by atoms with Gasteiger partial charge in [0.05, 0.1) is 43.1 Å². The highest BCUT2D eigenvalue weighted by Gasteiger charge is 2.43. The highest BCUT2D eigenvalue weighted by molar-refractivity contribution is 7.89. The molecule has 256 valence electrons. The minimum absolute atomic E-state index is 0.00519. The van der Waals surface area contributed by atoms with E-state index in [9.17, 15) is 13.5 Å². The van der Waals surface area contributed by atoms with E-state index in [1.165, 1.54) is 0 Å². The van der Waals surface area contributed by atoms with Crippen molar-refractivity contribution >= 4 is 15.7 Å². The molecule has 9 nitrogen and oxygen atoms in total. The second-order valence-corrected chi connectivity index (χ2v) is 14.9. The maximum absolute atomic E-state index is 14.3. The first-order chi connectivity index (χ1) is 22.6. The zero-order valence-corrected chi connectivity index (χ0v) is 29.1. The number of nitrogens with zero attached hydrogens (tertiary/aromatic N) is 2. The van der Waals surface area contributed by atoms with Crippen molar-refractivity contribution in [3.05, 3.63) is 83.4 Å². The van der Waals surface area contributed by atoms with Gasteiger partial charge in [-0.1, -0.05) is 49.7 Å². The monoisotopic (exact) mass is 666 g/mol. The molecule has 0 radical (unpaired) electrons. The number of benzene rings is 3. The lowest BCUT2D eigenvalue weighted by Gasteiger charge is -2.44. The molecule has 47 heavy (non-hydrogen) atoms. The van der Waals surface area contributed by atoms with E-state index in [4.69, 9.17) is 18.9 Å². The number of sulfonamides is 1. The standard InChI is InChI=1S/C37H50N2O7S/c1-26(2)35(40)23-30-22-33(29-10-12-31(44-5)13-11-29)37(24-39(30)47(41,42)32-14-7-27(3)8-15-32)46-25-28-9-16-36-34(21-28)38(18-20-45-36)17-6-19-43-4/h7-16,21,26,30,33,35,37,40H,6,17-20,22-25H2,1-5H3/t30-,33-,35-,37+/m1/s1. The summed E-state index contributed by atoms with van der Waals surface area (Å²) < 4.78 is 53.4. The number of aliphatic hydroxyl groups excluding tert-OH is 1. The van der Waals surface area contributed by atoms with Gasteiger partial charge in [0.25, 0.3) is 0 Å². The summed E-state index contributed by atoms with van der Waals surface area (Å²) in [4.78, 5) is 2.57. The first-order valence-electron chi connectivity index (χ1n) is 16.6. The smallest absolute Gasteiger partial charge is 0.243 e. The number of rotatable bonds is 14. The predicted molar refractivity (Wildman–Crippen MR) is 184 cm³/mol. The van der Waals surface area contributed by atoms with Crippen LogP contribution in [0.2, 0.25) is 0 Å². The number of hydrogen-bond donors (Lipinski definition) is 1. The van der Waals surface area contributed by atoms with E-state index in [2.05, 4.69) is 11.0 Å². The topological polar surface area (TPSA) is 97.8 Å². The molecule has 5 rings (SSSR count). The van der Waals surface area contributed by atoms with Crippen LogP contribution in [-0.2, 0) is 26.1 Å². The molecule has 2 aliphatic rings. The molecule has 0 amide bonds. The SMILES string of the molecule is COCCCN1CCOc2ccc(CO[C@H]3CN(S(=O)(=O)c4ccc(C)cc4)[C@@H](C[C@@H](O)C(C)C)C[C@@H]3c3ccc(OC)cc3)cc21. The molecule has 3 aromatic carbocycles. The summed E-state index contributed by atoms with van der Waals surface area (Å²) in [5.41, 5.74) is 4.07. The molecule has 1 saturated heterocycles. The van der Waals surface area contributed by atoms with Crippen molar-refractivity contribution in [1.82, 2.24) is 4.31 Å². The Hall–Kier alpha value is -3.15. The first-order valence-corrected chi connectivity index (χ1v) is 18.1. The van der Waals surface area contributed by atoms with Gasteiger partial charge in [0, 0.05) is 38.8 Å². The number of fused-ring (bicyclic) bond motifs is 1. The molecule has 0 unspecified atom stereocenters. The fourth-order valence-electron chi connectivity index (χ4n) is 6.53. The van der Waals surface area contributed by atoms with Gasteiger partial charge in [0.2, 0.25) is 10.0 Å². The number of hydrogen-bond acceptors (Lipinski definition) is 8. The van der Waals surface area contributed by atoms with Crippen molar-refractivity contribution < 1.29 is 32.5 Å². The summed E-state index contributed by atoms with van der Waals surface area (Å²) >= 11 is 0. The van der Waals surface area contributed by atoms with Gasteiger partial charge in [-0.3, -0.25) is 0 Å². The largest absolute Gasteiger partial charge is 0.497 e. The third kappa shape index (κ3) is 8.48. The Bertz CT molecular complexity index is 1550. The lowest BCUT2D eigenvalue weighted by Crippen LogP contribution is -2.53. The molecule has 0 saturated carbocycles. The summed E-state index contributed by atoms with van der Waals surface area (Å²) in [5, 5.41) is 11.0.